The van der Waals surface area contributed by atoms with Crippen molar-refractivity contribution in [1.82, 2.24) is 14.9 Å². The van der Waals surface area contributed by atoms with Crippen LogP contribution in [0, 0.1) is 0 Å². The SMILES string of the molecule is CCN(CC)c1ccc(C2(NS(C)(=O)=O)CNC(=O)N2CCc2ccc(OC)cc2)cc1. The third kappa shape index (κ3) is 5.16. The monoisotopic (exact) mass is 460 g/mol. The molecule has 2 aromatic carbocycles. The van der Waals surface area contributed by atoms with Crippen molar-refractivity contribution in [3.05, 3.63) is 59.7 Å². The molecule has 1 saturated heterocycles. The lowest BCUT2D eigenvalue weighted by molar-refractivity contribution is 0.147. The standard InChI is InChI=1S/C23H32N4O4S/c1-5-26(6-2)20-11-9-19(10-12-20)23(25-32(4,29)30)17-24-22(28)27(23)16-15-18-7-13-21(31-3)14-8-18/h7-14,25H,5-6,15-17H2,1-4H3,(H,24,28). The van der Waals surface area contributed by atoms with Crippen molar-refractivity contribution in [2.45, 2.75) is 25.9 Å². The van der Waals surface area contributed by atoms with E-state index >= 15 is 0 Å². The maximum Gasteiger partial charge on any atom is 0.319 e. The summed E-state index contributed by atoms with van der Waals surface area (Å²) in [6.45, 7) is 6.41. The first-order valence-corrected chi connectivity index (χ1v) is 12.6. The molecule has 3 rings (SSSR count). The van der Waals surface area contributed by atoms with Crippen LogP contribution >= 0.6 is 0 Å². The van der Waals surface area contributed by atoms with Crippen LogP contribution < -0.4 is 19.7 Å². The molecule has 1 aliphatic heterocycles. The van der Waals surface area contributed by atoms with Crippen molar-refractivity contribution in [2.24, 2.45) is 0 Å². The molecule has 0 aliphatic carbocycles. The summed E-state index contributed by atoms with van der Waals surface area (Å²) < 4.78 is 32.6. The number of amides is 2. The molecule has 1 heterocycles. The van der Waals surface area contributed by atoms with E-state index in [4.69, 9.17) is 4.74 Å². The zero-order valence-corrected chi connectivity index (χ0v) is 19.9. The molecule has 2 N–H and O–H groups in total. The molecular formula is C23H32N4O4S. The van der Waals surface area contributed by atoms with Crippen LogP contribution in [-0.4, -0.2) is 58.9 Å². The largest absolute Gasteiger partial charge is 0.497 e. The average molecular weight is 461 g/mol. The quantitative estimate of drug-likeness (QED) is 0.569. The number of nitrogens with zero attached hydrogens (tertiary/aromatic N) is 2. The molecule has 1 atom stereocenters. The maximum absolute atomic E-state index is 12.8. The number of sulfonamides is 1. The fraction of sp³-hybridized carbons (Fsp3) is 0.435. The van der Waals surface area contributed by atoms with Crippen LogP contribution in [0.5, 0.6) is 5.75 Å². The van der Waals surface area contributed by atoms with Gasteiger partial charge in [-0.25, -0.2) is 13.2 Å². The Morgan fingerprint density at radius 2 is 1.72 bits per heavy atom. The molecule has 0 bridgehead atoms. The fourth-order valence-corrected chi connectivity index (χ4v) is 5.06. The third-order valence-corrected chi connectivity index (χ3v) is 6.52. The van der Waals surface area contributed by atoms with Crippen molar-refractivity contribution < 1.29 is 17.9 Å². The Labute approximate surface area is 190 Å². The molecule has 0 aromatic heterocycles. The summed E-state index contributed by atoms with van der Waals surface area (Å²) >= 11 is 0. The Kier molecular flexibility index (Phi) is 7.30. The van der Waals surface area contributed by atoms with E-state index in [-0.39, 0.29) is 12.6 Å². The summed E-state index contributed by atoms with van der Waals surface area (Å²) in [5, 5.41) is 2.83. The molecule has 8 nitrogen and oxygen atoms in total. The Hall–Kier alpha value is -2.78. The van der Waals surface area contributed by atoms with Gasteiger partial charge in [0, 0.05) is 25.3 Å². The van der Waals surface area contributed by atoms with Crippen molar-refractivity contribution in [3.8, 4) is 5.75 Å². The van der Waals surface area contributed by atoms with Crippen LogP contribution in [0.1, 0.15) is 25.0 Å². The summed E-state index contributed by atoms with van der Waals surface area (Å²) in [5.41, 5.74) is 1.59. The van der Waals surface area contributed by atoms with Crippen molar-refractivity contribution in [2.75, 3.05) is 44.4 Å². The second kappa shape index (κ2) is 9.79. The molecule has 1 fully saturated rings. The fourth-order valence-electron chi connectivity index (χ4n) is 4.14. The Balaban J connectivity index is 1.93. The highest BCUT2D eigenvalue weighted by atomic mass is 32.2. The number of nitrogens with one attached hydrogen (secondary N) is 2. The first kappa shape index (κ1) is 23.9. The van der Waals surface area contributed by atoms with Gasteiger partial charge in [0.25, 0.3) is 0 Å². The van der Waals surface area contributed by atoms with E-state index in [1.165, 1.54) is 0 Å². The van der Waals surface area contributed by atoms with Gasteiger partial charge in [0.2, 0.25) is 10.0 Å². The van der Waals surface area contributed by atoms with Crippen molar-refractivity contribution in [3.63, 3.8) is 0 Å². The predicted octanol–water partition coefficient (Wildman–Crippen LogP) is 2.51. The summed E-state index contributed by atoms with van der Waals surface area (Å²) in [5.74, 6) is 0.758. The Bertz CT molecular complexity index is 1020. The Morgan fingerprint density at radius 1 is 1.09 bits per heavy atom. The van der Waals surface area contributed by atoms with E-state index in [1.807, 2.05) is 48.5 Å². The summed E-state index contributed by atoms with van der Waals surface area (Å²) in [7, 11) is -2.00. The minimum absolute atomic E-state index is 0.145. The Morgan fingerprint density at radius 3 is 2.25 bits per heavy atom. The predicted molar refractivity (Wildman–Crippen MR) is 126 cm³/mol. The number of ether oxygens (including phenoxy) is 1. The van der Waals surface area contributed by atoms with Gasteiger partial charge in [0.1, 0.15) is 5.75 Å². The number of rotatable bonds is 10. The number of methoxy groups -OCH3 is 1. The maximum atomic E-state index is 12.8. The molecule has 174 valence electrons. The van der Waals surface area contributed by atoms with Gasteiger partial charge in [-0.3, -0.25) is 4.90 Å². The van der Waals surface area contributed by atoms with Crippen LogP contribution in [0.4, 0.5) is 10.5 Å². The number of anilines is 1. The summed E-state index contributed by atoms with van der Waals surface area (Å²) in [6, 6.07) is 15.0. The smallest absolute Gasteiger partial charge is 0.319 e. The van der Waals surface area contributed by atoms with Gasteiger partial charge < -0.3 is 15.0 Å². The number of carbonyl (C=O) groups excluding carboxylic acids is 1. The normalized spacial score (nSPS) is 18.5. The van der Waals surface area contributed by atoms with Crippen LogP contribution in [-0.2, 0) is 22.1 Å². The molecule has 2 amide bonds. The summed E-state index contributed by atoms with van der Waals surface area (Å²) in [6.07, 6.45) is 1.69. The van der Waals surface area contributed by atoms with Crippen LogP contribution in [0.3, 0.4) is 0 Å². The van der Waals surface area contributed by atoms with Crippen LogP contribution in [0.15, 0.2) is 48.5 Å². The number of hydrogen-bond acceptors (Lipinski definition) is 5. The van der Waals surface area contributed by atoms with Gasteiger partial charge in [-0.2, -0.15) is 4.72 Å². The van der Waals surface area contributed by atoms with E-state index in [1.54, 1.807) is 12.0 Å². The zero-order chi connectivity index (χ0) is 23.4. The lowest BCUT2D eigenvalue weighted by atomic mass is 9.98. The first-order chi connectivity index (χ1) is 15.2. The molecule has 0 spiro atoms. The van der Waals surface area contributed by atoms with E-state index in [0.717, 1.165) is 36.3 Å². The second-order valence-corrected chi connectivity index (χ2v) is 9.61. The highest BCUT2D eigenvalue weighted by molar-refractivity contribution is 7.88. The molecular weight excluding hydrogens is 428 g/mol. The van der Waals surface area contributed by atoms with Crippen LogP contribution in [0.25, 0.3) is 0 Å². The highest BCUT2D eigenvalue weighted by Crippen LogP contribution is 2.32. The van der Waals surface area contributed by atoms with Gasteiger partial charge in [0.15, 0.2) is 5.66 Å². The topological polar surface area (TPSA) is 91.0 Å². The van der Waals surface area contributed by atoms with E-state index in [0.29, 0.717) is 18.5 Å². The summed E-state index contributed by atoms with van der Waals surface area (Å²) in [4.78, 5) is 16.6. The third-order valence-electron chi connectivity index (χ3n) is 5.81. The van der Waals surface area contributed by atoms with E-state index in [9.17, 15) is 13.2 Å². The highest BCUT2D eigenvalue weighted by Gasteiger charge is 2.48. The van der Waals surface area contributed by atoms with Gasteiger partial charge in [-0.05, 0) is 55.7 Å². The number of benzene rings is 2. The first-order valence-electron chi connectivity index (χ1n) is 10.7. The molecule has 32 heavy (non-hydrogen) atoms. The molecule has 0 radical (unpaired) electrons. The molecule has 2 aromatic rings. The van der Waals surface area contributed by atoms with Gasteiger partial charge in [0.05, 0.1) is 19.9 Å². The van der Waals surface area contributed by atoms with E-state index in [2.05, 4.69) is 28.8 Å². The van der Waals surface area contributed by atoms with Gasteiger partial charge in [-0.15, -0.1) is 0 Å². The van der Waals surface area contributed by atoms with Gasteiger partial charge in [-0.1, -0.05) is 24.3 Å². The lowest BCUT2D eigenvalue weighted by Crippen LogP contribution is -2.57. The molecule has 0 saturated carbocycles. The van der Waals surface area contributed by atoms with Gasteiger partial charge >= 0.3 is 6.03 Å². The molecule has 1 unspecified atom stereocenters. The van der Waals surface area contributed by atoms with E-state index < -0.39 is 15.7 Å². The van der Waals surface area contributed by atoms with Crippen molar-refractivity contribution >= 4 is 21.7 Å². The number of urea groups is 1. The average Bonchev–Trinajstić information content (AvgIpc) is 3.08. The number of hydrogen-bond donors (Lipinski definition) is 2. The molecule has 9 heteroatoms. The molecule has 1 aliphatic rings. The number of carbonyl (C=O) groups is 1. The minimum atomic E-state index is -3.61. The zero-order valence-electron chi connectivity index (χ0n) is 19.1. The minimum Gasteiger partial charge on any atom is -0.497 e. The lowest BCUT2D eigenvalue weighted by Gasteiger charge is -2.38. The van der Waals surface area contributed by atoms with Crippen LogP contribution in [0.2, 0.25) is 0 Å². The van der Waals surface area contributed by atoms with Crippen molar-refractivity contribution in [1.29, 1.82) is 0 Å². The second-order valence-electron chi connectivity index (χ2n) is 7.86.